The first-order valence-electron chi connectivity index (χ1n) is 14.1. The van der Waals surface area contributed by atoms with Crippen molar-refractivity contribution in [3.8, 4) is 0 Å². The fourth-order valence-electron chi connectivity index (χ4n) is 4.45. The SMILES string of the molecule is Cc1cc(CCCN)cc(CN2CCOCCOCCN(Cc3cccc(C(=O)O)n3)CCOCCOCC2)n1. The molecule has 1 fully saturated rings. The number of aryl methyl sites for hydroxylation is 2. The lowest BCUT2D eigenvalue weighted by Gasteiger charge is -2.23. The van der Waals surface area contributed by atoms with E-state index in [-0.39, 0.29) is 5.69 Å². The van der Waals surface area contributed by atoms with Crippen LogP contribution in [0.15, 0.2) is 30.3 Å². The van der Waals surface area contributed by atoms with E-state index in [1.807, 2.05) is 13.0 Å². The fraction of sp³-hybridized carbons (Fsp3) is 0.621. The number of hydrogen-bond acceptors (Lipinski definition) is 10. The van der Waals surface area contributed by atoms with Gasteiger partial charge in [-0.15, -0.1) is 0 Å². The second-order valence-electron chi connectivity index (χ2n) is 9.82. The van der Waals surface area contributed by atoms with Crippen molar-refractivity contribution in [3.63, 3.8) is 0 Å². The van der Waals surface area contributed by atoms with Crippen LogP contribution in [-0.2, 0) is 38.5 Å². The number of ether oxygens (including phenoxy) is 4. The molecule has 0 aromatic carbocycles. The Morgan fingerprint density at radius 2 is 1.38 bits per heavy atom. The second kappa shape index (κ2) is 18.8. The van der Waals surface area contributed by atoms with E-state index in [0.29, 0.717) is 84.7 Å². The van der Waals surface area contributed by atoms with Crippen LogP contribution >= 0.6 is 0 Å². The normalized spacial score (nSPS) is 18.1. The summed E-state index contributed by atoms with van der Waals surface area (Å²) in [6, 6.07) is 9.36. The molecular weight excluding hydrogens is 514 g/mol. The average Bonchev–Trinajstić information content (AvgIpc) is 2.93. The zero-order valence-electron chi connectivity index (χ0n) is 23.8. The summed E-state index contributed by atoms with van der Waals surface area (Å²) in [5, 5.41) is 9.23. The van der Waals surface area contributed by atoms with Gasteiger partial charge in [0.25, 0.3) is 0 Å². The molecule has 2 aromatic rings. The van der Waals surface area contributed by atoms with Gasteiger partial charge in [-0.2, -0.15) is 0 Å². The minimum atomic E-state index is -1.03. The number of pyridine rings is 2. The van der Waals surface area contributed by atoms with Crippen molar-refractivity contribution in [1.29, 1.82) is 0 Å². The Bertz CT molecular complexity index is 991. The number of hydrogen-bond donors (Lipinski definition) is 2. The summed E-state index contributed by atoms with van der Waals surface area (Å²) in [4.78, 5) is 24.7. The van der Waals surface area contributed by atoms with Gasteiger partial charge in [0.15, 0.2) is 0 Å². The molecule has 40 heavy (non-hydrogen) atoms. The van der Waals surface area contributed by atoms with Crippen molar-refractivity contribution in [2.45, 2.75) is 32.9 Å². The lowest BCUT2D eigenvalue weighted by atomic mass is 10.1. The third kappa shape index (κ3) is 12.8. The molecule has 0 radical (unpaired) electrons. The van der Waals surface area contributed by atoms with Gasteiger partial charge in [-0.1, -0.05) is 6.07 Å². The molecule has 0 atom stereocenters. The molecule has 2 aromatic heterocycles. The van der Waals surface area contributed by atoms with Crippen molar-refractivity contribution < 1.29 is 28.8 Å². The molecule has 3 N–H and O–H groups in total. The maximum absolute atomic E-state index is 11.3. The number of aromatic carboxylic acids is 1. The maximum Gasteiger partial charge on any atom is 0.354 e. The molecule has 1 aliphatic rings. The standard InChI is InChI=1S/C29H45N5O6/c1-24-20-25(4-3-7-30)21-27(31-24)23-34-10-14-39-18-16-37-12-8-33(9-13-38-17-19-40-15-11-34)22-26-5-2-6-28(32-26)29(35)36/h2,5-6,20-21H,3-4,7-19,22-23,30H2,1H3,(H,35,36). The topological polar surface area (TPSA) is 132 Å². The van der Waals surface area contributed by atoms with E-state index < -0.39 is 5.97 Å². The Balaban J connectivity index is 1.49. The van der Waals surface area contributed by atoms with Gasteiger partial charge in [-0.3, -0.25) is 14.8 Å². The summed E-state index contributed by atoms with van der Waals surface area (Å²) in [5.41, 5.74) is 9.79. The molecule has 11 nitrogen and oxygen atoms in total. The monoisotopic (exact) mass is 559 g/mol. The average molecular weight is 560 g/mol. The summed E-state index contributed by atoms with van der Waals surface area (Å²) in [5.74, 6) is -1.03. The van der Waals surface area contributed by atoms with Crippen LogP contribution in [0.25, 0.3) is 0 Å². The van der Waals surface area contributed by atoms with E-state index in [4.69, 9.17) is 29.7 Å². The van der Waals surface area contributed by atoms with Crippen LogP contribution in [-0.4, -0.2) is 116 Å². The number of carboxylic acid groups (broad SMARTS) is 1. The fourth-order valence-corrected chi connectivity index (χ4v) is 4.45. The zero-order valence-corrected chi connectivity index (χ0v) is 23.8. The highest BCUT2D eigenvalue weighted by atomic mass is 16.5. The van der Waals surface area contributed by atoms with E-state index in [1.165, 1.54) is 11.6 Å². The van der Waals surface area contributed by atoms with Crippen LogP contribution in [0.3, 0.4) is 0 Å². The first-order chi connectivity index (χ1) is 19.5. The van der Waals surface area contributed by atoms with Gasteiger partial charge in [0.2, 0.25) is 0 Å². The molecule has 0 amide bonds. The van der Waals surface area contributed by atoms with E-state index >= 15 is 0 Å². The van der Waals surface area contributed by atoms with Crippen molar-refractivity contribution in [3.05, 3.63) is 58.7 Å². The number of carboxylic acids is 1. The van der Waals surface area contributed by atoms with E-state index in [0.717, 1.165) is 43.9 Å². The van der Waals surface area contributed by atoms with Crippen LogP contribution in [0.2, 0.25) is 0 Å². The summed E-state index contributed by atoms with van der Waals surface area (Å²) in [7, 11) is 0. The molecule has 222 valence electrons. The second-order valence-corrected chi connectivity index (χ2v) is 9.82. The minimum Gasteiger partial charge on any atom is -0.477 e. The molecule has 11 heteroatoms. The van der Waals surface area contributed by atoms with Gasteiger partial charge in [0, 0.05) is 45.0 Å². The smallest absolute Gasteiger partial charge is 0.354 e. The minimum absolute atomic E-state index is 0.0432. The lowest BCUT2D eigenvalue weighted by Crippen LogP contribution is -2.33. The maximum atomic E-state index is 11.3. The van der Waals surface area contributed by atoms with Crippen molar-refractivity contribution >= 4 is 5.97 Å². The zero-order chi connectivity index (χ0) is 28.4. The van der Waals surface area contributed by atoms with E-state index in [9.17, 15) is 9.90 Å². The largest absolute Gasteiger partial charge is 0.477 e. The van der Waals surface area contributed by atoms with Gasteiger partial charge >= 0.3 is 5.97 Å². The molecule has 0 unspecified atom stereocenters. The molecule has 1 aliphatic heterocycles. The number of nitrogens with two attached hydrogens (primary N) is 1. The van der Waals surface area contributed by atoms with E-state index in [1.54, 1.807) is 6.07 Å². The summed E-state index contributed by atoms with van der Waals surface area (Å²) in [6.45, 7) is 11.1. The molecule has 0 aliphatic carbocycles. The van der Waals surface area contributed by atoms with Crippen LogP contribution in [0, 0.1) is 6.92 Å². The Morgan fingerprint density at radius 3 is 1.90 bits per heavy atom. The van der Waals surface area contributed by atoms with Crippen molar-refractivity contribution in [1.82, 2.24) is 19.8 Å². The first kappa shape index (κ1) is 32.0. The van der Waals surface area contributed by atoms with Gasteiger partial charge in [-0.25, -0.2) is 9.78 Å². The first-order valence-corrected chi connectivity index (χ1v) is 14.1. The Labute approximate surface area is 237 Å². The van der Waals surface area contributed by atoms with Crippen molar-refractivity contribution in [2.24, 2.45) is 5.73 Å². The quantitative estimate of drug-likeness (QED) is 0.490. The molecule has 3 heterocycles. The highest BCUT2D eigenvalue weighted by molar-refractivity contribution is 5.85. The predicted molar refractivity (Wildman–Crippen MR) is 151 cm³/mol. The van der Waals surface area contributed by atoms with Gasteiger partial charge in [0.1, 0.15) is 5.69 Å². The third-order valence-corrected chi connectivity index (χ3v) is 6.48. The third-order valence-electron chi connectivity index (χ3n) is 6.48. The highest BCUT2D eigenvalue weighted by Gasteiger charge is 2.12. The molecular formula is C29H45N5O6. The van der Waals surface area contributed by atoms with Crippen LogP contribution in [0.1, 0.15) is 39.6 Å². The number of nitrogens with zero attached hydrogens (tertiary/aromatic N) is 4. The lowest BCUT2D eigenvalue weighted by molar-refractivity contribution is 0.00597. The molecule has 1 saturated heterocycles. The number of rotatable bonds is 8. The summed E-state index contributed by atoms with van der Waals surface area (Å²) in [6.07, 6.45) is 1.93. The van der Waals surface area contributed by atoms with Gasteiger partial charge in [-0.05, 0) is 56.1 Å². The van der Waals surface area contributed by atoms with Crippen LogP contribution in [0.4, 0.5) is 0 Å². The Hall–Kier alpha value is -2.51. The number of carbonyl (C=O) groups is 1. The van der Waals surface area contributed by atoms with Gasteiger partial charge < -0.3 is 29.8 Å². The van der Waals surface area contributed by atoms with Crippen LogP contribution < -0.4 is 5.73 Å². The molecule has 0 spiro atoms. The molecule has 3 rings (SSSR count). The van der Waals surface area contributed by atoms with Gasteiger partial charge in [0.05, 0.1) is 64.2 Å². The predicted octanol–water partition coefficient (Wildman–Crippen LogP) is 1.76. The molecule has 0 bridgehead atoms. The Morgan fingerprint density at radius 1 is 0.825 bits per heavy atom. The Kier molecular flexibility index (Phi) is 15.0. The van der Waals surface area contributed by atoms with Crippen LogP contribution in [0.5, 0.6) is 0 Å². The highest BCUT2D eigenvalue weighted by Crippen LogP contribution is 2.11. The van der Waals surface area contributed by atoms with Crippen molar-refractivity contribution in [2.75, 3.05) is 85.6 Å². The molecule has 0 saturated carbocycles. The summed E-state index contributed by atoms with van der Waals surface area (Å²) < 4.78 is 23.4. The van der Waals surface area contributed by atoms with E-state index in [2.05, 4.69) is 26.9 Å². The number of aromatic nitrogens is 2. The summed E-state index contributed by atoms with van der Waals surface area (Å²) >= 11 is 0.